The van der Waals surface area contributed by atoms with Gasteiger partial charge < -0.3 is 9.47 Å². The van der Waals surface area contributed by atoms with Crippen LogP contribution >= 0.6 is 0 Å². The molecule has 0 aromatic carbocycles. The second kappa shape index (κ2) is 4.60. The van der Waals surface area contributed by atoms with Gasteiger partial charge in [-0.2, -0.15) is 0 Å². The summed E-state index contributed by atoms with van der Waals surface area (Å²) in [5.41, 5.74) is 0.594. The number of methoxy groups -OCH3 is 2. The van der Waals surface area contributed by atoms with Crippen LogP contribution in [0.2, 0.25) is 0 Å². The molecule has 1 rings (SSSR count). The Kier molecular flexibility index (Phi) is 3.45. The van der Waals surface area contributed by atoms with E-state index < -0.39 is 11.9 Å². The van der Waals surface area contributed by atoms with Crippen LogP contribution < -0.4 is 0 Å². The summed E-state index contributed by atoms with van der Waals surface area (Å²) in [6, 6.07) is 0. The first-order valence-electron chi connectivity index (χ1n) is 4.28. The maximum atomic E-state index is 11.3. The van der Waals surface area contributed by atoms with Crippen molar-refractivity contribution in [2.45, 2.75) is 12.8 Å². The normalized spacial score (nSPS) is 15.3. The number of carbonyl (C=O) groups is 2. The van der Waals surface area contributed by atoms with Crippen LogP contribution in [0.15, 0.2) is 23.3 Å². The Bertz CT molecular complexity index is 280. The highest BCUT2D eigenvalue weighted by Crippen LogP contribution is 2.20. The van der Waals surface area contributed by atoms with Crippen LogP contribution in [0.25, 0.3) is 0 Å². The molecule has 0 bridgehead atoms. The van der Waals surface area contributed by atoms with E-state index in [0.29, 0.717) is 11.1 Å². The molecule has 0 amide bonds. The van der Waals surface area contributed by atoms with Crippen molar-refractivity contribution in [1.82, 2.24) is 0 Å². The minimum absolute atomic E-state index is 0.297. The molecule has 4 nitrogen and oxygen atoms in total. The quantitative estimate of drug-likeness (QED) is 0.618. The first-order chi connectivity index (χ1) is 6.70. The Balaban J connectivity index is 2.92. The zero-order valence-corrected chi connectivity index (χ0v) is 8.20. The Hall–Kier alpha value is -1.58. The van der Waals surface area contributed by atoms with Gasteiger partial charge in [0.25, 0.3) is 0 Å². The smallest absolute Gasteiger partial charge is 0.338 e. The van der Waals surface area contributed by atoms with Crippen LogP contribution in [-0.4, -0.2) is 26.2 Å². The lowest BCUT2D eigenvalue weighted by Crippen LogP contribution is -2.16. The fourth-order valence-electron chi connectivity index (χ4n) is 1.28. The fourth-order valence-corrected chi connectivity index (χ4v) is 1.28. The van der Waals surface area contributed by atoms with Gasteiger partial charge in [-0.15, -0.1) is 0 Å². The number of hydrogen-bond acceptors (Lipinski definition) is 4. The van der Waals surface area contributed by atoms with Crippen LogP contribution in [0.4, 0.5) is 0 Å². The first kappa shape index (κ1) is 10.5. The van der Waals surface area contributed by atoms with Gasteiger partial charge >= 0.3 is 11.9 Å². The third kappa shape index (κ3) is 2.02. The average molecular weight is 196 g/mol. The SMILES string of the molecule is COC(=O)C1=CCCC=C1C(=O)OC. The van der Waals surface area contributed by atoms with Crippen LogP contribution in [0, 0.1) is 0 Å². The molecular formula is C10H12O4. The first-order valence-corrected chi connectivity index (χ1v) is 4.28. The molecule has 0 N–H and O–H groups in total. The van der Waals surface area contributed by atoms with E-state index in [-0.39, 0.29) is 0 Å². The van der Waals surface area contributed by atoms with Crippen molar-refractivity contribution in [3.63, 3.8) is 0 Å². The molecular weight excluding hydrogens is 184 g/mol. The third-order valence-electron chi connectivity index (χ3n) is 1.96. The summed E-state index contributed by atoms with van der Waals surface area (Å²) >= 11 is 0. The Morgan fingerprint density at radius 3 is 1.64 bits per heavy atom. The molecule has 76 valence electrons. The lowest BCUT2D eigenvalue weighted by molar-refractivity contribution is -0.139. The van der Waals surface area contributed by atoms with Crippen LogP contribution in [0.1, 0.15) is 12.8 Å². The van der Waals surface area contributed by atoms with Crippen molar-refractivity contribution in [2.24, 2.45) is 0 Å². The molecule has 0 fully saturated rings. The molecule has 4 heteroatoms. The highest BCUT2D eigenvalue weighted by Gasteiger charge is 2.23. The van der Waals surface area contributed by atoms with E-state index in [1.807, 2.05) is 0 Å². The van der Waals surface area contributed by atoms with E-state index in [0.717, 1.165) is 12.8 Å². The van der Waals surface area contributed by atoms with Crippen molar-refractivity contribution in [3.05, 3.63) is 23.3 Å². The molecule has 0 radical (unpaired) electrons. The number of allylic oxidation sites excluding steroid dienone is 2. The second-order valence-corrected chi connectivity index (χ2v) is 2.80. The topological polar surface area (TPSA) is 52.6 Å². The third-order valence-corrected chi connectivity index (χ3v) is 1.96. The van der Waals surface area contributed by atoms with Gasteiger partial charge in [-0.25, -0.2) is 9.59 Å². The number of carbonyl (C=O) groups excluding carboxylic acids is 2. The predicted octanol–water partition coefficient (Wildman–Crippen LogP) is 0.979. The van der Waals surface area contributed by atoms with E-state index in [1.54, 1.807) is 12.2 Å². The average Bonchev–Trinajstić information content (AvgIpc) is 2.27. The van der Waals surface area contributed by atoms with Crippen LogP contribution in [0.3, 0.4) is 0 Å². The molecule has 0 aliphatic heterocycles. The summed E-state index contributed by atoms with van der Waals surface area (Å²) < 4.78 is 9.12. The Labute approximate surface area is 82.2 Å². The van der Waals surface area contributed by atoms with Gasteiger partial charge in [-0.1, -0.05) is 12.2 Å². The van der Waals surface area contributed by atoms with Crippen molar-refractivity contribution in [1.29, 1.82) is 0 Å². The molecule has 0 heterocycles. The molecule has 1 aliphatic rings. The molecule has 0 spiro atoms. The zero-order chi connectivity index (χ0) is 10.6. The summed E-state index contributed by atoms with van der Waals surface area (Å²) in [4.78, 5) is 22.5. The highest BCUT2D eigenvalue weighted by molar-refractivity contribution is 6.07. The molecule has 0 saturated carbocycles. The predicted molar refractivity (Wildman–Crippen MR) is 49.4 cm³/mol. The maximum absolute atomic E-state index is 11.3. The largest absolute Gasteiger partial charge is 0.465 e. The van der Waals surface area contributed by atoms with Crippen molar-refractivity contribution < 1.29 is 19.1 Å². The van der Waals surface area contributed by atoms with Crippen LogP contribution in [0.5, 0.6) is 0 Å². The van der Waals surface area contributed by atoms with E-state index in [4.69, 9.17) is 0 Å². The van der Waals surface area contributed by atoms with Gasteiger partial charge in [0.2, 0.25) is 0 Å². The van der Waals surface area contributed by atoms with Gasteiger partial charge in [-0.3, -0.25) is 0 Å². The summed E-state index contributed by atoms with van der Waals surface area (Å²) in [6.07, 6.45) is 4.87. The number of rotatable bonds is 2. The van der Waals surface area contributed by atoms with Gasteiger partial charge in [0.15, 0.2) is 0 Å². The van der Waals surface area contributed by atoms with Gasteiger partial charge in [-0.05, 0) is 12.8 Å². The minimum Gasteiger partial charge on any atom is -0.465 e. The maximum Gasteiger partial charge on any atom is 0.338 e. The zero-order valence-electron chi connectivity index (χ0n) is 8.20. The minimum atomic E-state index is -0.499. The molecule has 14 heavy (non-hydrogen) atoms. The number of hydrogen-bond donors (Lipinski definition) is 0. The van der Waals surface area contributed by atoms with Gasteiger partial charge in [0.05, 0.1) is 25.4 Å². The molecule has 0 saturated heterocycles. The highest BCUT2D eigenvalue weighted by atomic mass is 16.5. The fraction of sp³-hybridized carbons (Fsp3) is 0.400. The summed E-state index contributed by atoms with van der Waals surface area (Å²) in [5.74, 6) is -0.997. The molecule has 0 atom stereocenters. The number of ether oxygens (including phenoxy) is 2. The molecule has 0 aromatic rings. The molecule has 0 unspecified atom stereocenters. The molecule has 0 aromatic heterocycles. The van der Waals surface area contributed by atoms with E-state index in [1.165, 1.54) is 14.2 Å². The van der Waals surface area contributed by atoms with Gasteiger partial charge in [0.1, 0.15) is 0 Å². The lowest BCUT2D eigenvalue weighted by Gasteiger charge is -2.11. The van der Waals surface area contributed by atoms with Crippen molar-refractivity contribution in [3.8, 4) is 0 Å². The van der Waals surface area contributed by atoms with E-state index in [2.05, 4.69) is 9.47 Å². The Morgan fingerprint density at radius 2 is 1.36 bits per heavy atom. The van der Waals surface area contributed by atoms with Gasteiger partial charge in [0, 0.05) is 0 Å². The van der Waals surface area contributed by atoms with Crippen molar-refractivity contribution in [2.75, 3.05) is 14.2 Å². The summed E-state index contributed by atoms with van der Waals surface area (Å²) in [7, 11) is 2.57. The van der Waals surface area contributed by atoms with Crippen molar-refractivity contribution >= 4 is 11.9 Å². The standard InChI is InChI=1S/C10H12O4/c1-13-9(11)7-5-3-4-6-8(7)10(12)14-2/h5-6H,3-4H2,1-2H3. The second-order valence-electron chi connectivity index (χ2n) is 2.80. The van der Waals surface area contributed by atoms with E-state index >= 15 is 0 Å². The summed E-state index contributed by atoms with van der Waals surface area (Å²) in [6.45, 7) is 0. The Morgan fingerprint density at radius 1 is 1.00 bits per heavy atom. The number of esters is 2. The monoisotopic (exact) mass is 196 g/mol. The van der Waals surface area contributed by atoms with E-state index in [9.17, 15) is 9.59 Å². The lowest BCUT2D eigenvalue weighted by atomic mass is 9.98. The van der Waals surface area contributed by atoms with Crippen LogP contribution in [-0.2, 0) is 19.1 Å². The molecule has 1 aliphatic carbocycles. The summed E-state index contributed by atoms with van der Waals surface area (Å²) in [5, 5.41) is 0.